The minimum Gasteiger partial charge on any atom is -0.398 e. The summed E-state index contributed by atoms with van der Waals surface area (Å²) in [6.07, 6.45) is 0. The van der Waals surface area contributed by atoms with E-state index in [1.807, 2.05) is 12.1 Å². The largest absolute Gasteiger partial charge is 0.398 e. The van der Waals surface area contributed by atoms with E-state index in [-0.39, 0.29) is 0 Å². The van der Waals surface area contributed by atoms with Gasteiger partial charge in [-0.15, -0.1) is 0 Å². The smallest absolute Gasteiger partial charge is 0.0401 e. The van der Waals surface area contributed by atoms with Crippen LogP contribution in [0.2, 0.25) is 0 Å². The Kier molecular flexibility index (Phi) is 1.22. The maximum Gasteiger partial charge on any atom is 0.0401 e. The molecule has 0 radical (unpaired) electrons. The minimum absolute atomic E-state index is 0.801. The zero-order chi connectivity index (χ0) is 9.71. The first kappa shape index (κ1) is 7.44. The lowest BCUT2D eigenvalue weighted by Crippen LogP contribution is -1.94. The molecule has 0 heterocycles. The second kappa shape index (κ2) is 2.29. The van der Waals surface area contributed by atoms with Crippen molar-refractivity contribution >= 4 is 32.9 Å². The molecule has 0 spiro atoms. The lowest BCUT2D eigenvalue weighted by Gasteiger charge is -2.11. The highest BCUT2D eigenvalue weighted by Gasteiger charge is 2.07. The van der Waals surface area contributed by atoms with Gasteiger partial charge in [0.15, 0.2) is 0 Å². The van der Waals surface area contributed by atoms with E-state index in [0.29, 0.717) is 0 Å². The first-order valence-corrected chi connectivity index (χ1v) is 4.56. The van der Waals surface area contributed by atoms with E-state index in [0.717, 1.165) is 32.9 Å². The van der Waals surface area contributed by atoms with Crippen molar-refractivity contribution in [2.75, 3.05) is 11.5 Å². The molecular weight excluding hydrogens is 172 g/mol. The zero-order valence-electron chi connectivity index (χ0n) is 7.62. The third-order valence-corrected chi connectivity index (χ3v) is 2.73. The van der Waals surface area contributed by atoms with Crippen LogP contribution in [-0.2, 0) is 0 Å². The van der Waals surface area contributed by atoms with Gasteiger partial charge in [0.2, 0.25) is 0 Å². The molecule has 2 heteroatoms. The van der Waals surface area contributed by atoms with Crippen LogP contribution in [0.4, 0.5) is 11.4 Å². The molecule has 0 unspecified atom stereocenters. The summed E-state index contributed by atoms with van der Waals surface area (Å²) >= 11 is 0. The summed E-state index contributed by atoms with van der Waals surface area (Å²) in [6.45, 7) is 0. The summed E-state index contributed by atoms with van der Waals surface area (Å²) < 4.78 is 0. The van der Waals surface area contributed by atoms with Crippen LogP contribution < -0.4 is 11.5 Å². The highest BCUT2D eigenvalue weighted by molar-refractivity contribution is 6.19. The monoisotopic (exact) mass is 182 g/mol. The van der Waals surface area contributed by atoms with Gasteiger partial charge in [0.05, 0.1) is 0 Å². The Morgan fingerprint density at radius 1 is 0.571 bits per heavy atom. The van der Waals surface area contributed by atoms with Gasteiger partial charge in [0.1, 0.15) is 0 Å². The molecule has 0 aliphatic carbocycles. The SMILES string of the molecule is Nc1ccc(N)c2c3ccc(cc3)c12. The lowest BCUT2D eigenvalue weighted by molar-refractivity contribution is 1.73. The highest BCUT2D eigenvalue weighted by atomic mass is 14.6. The van der Waals surface area contributed by atoms with Gasteiger partial charge < -0.3 is 11.5 Å². The third-order valence-electron chi connectivity index (χ3n) is 2.73. The van der Waals surface area contributed by atoms with Gasteiger partial charge >= 0.3 is 0 Å². The summed E-state index contributed by atoms with van der Waals surface area (Å²) in [6, 6.07) is 12.0. The molecule has 0 atom stereocenters. The number of hydrogen-bond acceptors (Lipinski definition) is 2. The average Bonchev–Trinajstić information content (AvgIpc) is 2.25. The summed E-state index contributed by atoms with van der Waals surface area (Å²) in [4.78, 5) is 0. The topological polar surface area (TPSA) is 52.0 Å². The van der Waals surface area contributed by atoms with Crippen LogP contribution in [0.3, 0.4) is 0 Å². The van der Waals surface area contributed by atoms with E-state index < -0.39 is 0 Å². The standard InChI is InChI=1S/C12H10N2/c13-9-5-6-10(14)12-8-2-1-7(3-4-8)11(9)12/h1-6H,13-14H2. The van der Waals surface area contributed by atoms with E-state index in [9.17, 15) is 0 Å². The normalized spacial score (nSPS) is 11.4. The quantitative estimate of drug-likeness (QED) is 0.525. The van der Waals surface area contributed by atoms with Crippen molar-refractivity contribution in [1.82, 2.24) is 0 Å². The maximum absolute atomic E-state index is 5.94. The molecule has 0 aliphatic heterocycles. The van der Waals surface area contributed by atoms with E-state index in [4.69, 9.17) is 11.5 Å². The molecule has 0 saturated heterocycles. The van der Waals surface area contributed by atoms with Gasteiger partial charge in [-0.3, -0.25) is 0 Å². The van der Waals surface area contributed by atoms with Crippen LogP contribution in [0, 0.1) is 0 Å². The molecular formula is C12H10N2. The fraction of sp³-hybridized carbons (Fsp3) is 0. The fourth-order valence-corrected chi connectivity index (χ4v) is 2.06. The second-order valence-electron chi connectivity index (χ2n) is 3.57. The molecule has 4 aromatic rings. The summed E-state index contributed by atoms with van der Waals surface area (Å²) in [5.74, 6) is 0. The Labute approximate surface area is 81.5 Å². The molecule has 2 bridgehead atoms. The number of anilines is 2. The molecule has 4 aromatic carbocycles. The highest BCUT2D eigenvalue weighted by Crippen LogP contribution is 2.35. The molecule has 0 aliphatic rings. The molecule has 0 aromatic heterocycles. The van der Waals surface area contributed by atoms with Gasteiger partial charge in [-0.25, -0.2) is 0 Å². The van der Waals surface area contributed by atoms with E-state index >= 15 is 0 Å². The van der Waals surface area contributed by atoms with Crippen LogP contribution >= 0.6 is 0 Å². The zero-order valence-corrected chi connectivity index (χ0v) is 7.62. The lowest BCUT2D eigenvalue weighted by atomic mass is 9.97. The summed E-state index contributed by atoms with van der Waals surface area (Å²) in [5.41, 5.74) is 13.5. The van der Waals surface area contributed by atoms with Gasteiger partial charge in [0.25, 0.3) is 0 Å². The van der Waals surface area contributed by atoms with Gasteiger partial charge in [-0.2, -0.15) is 0 Å². The van der Waals surface area contributed by atoms with Gasteiger partial charge in [-0.1, -0.05) is 24.3 Å². The third kappa shape index (κ3) is 0.752. The molecule has 0 saturated carbocycles. The van der Waals surface area contributed by atoms with E-state index in [1.165, 1.54) is 0 Å². The Balaban J connectivity index is 2.74. The number of nitrogen functional groups attached to an aromatic ring is 2. The Hall–Kier alpha value is -1.96. The Morgan fingerprint density at radius 2 is 0.929 bits per heavy atom. The van der Waals surface area contributed by atoms with Crippen molar-refractivity contribution in [2.45, 2.75) is 0 Å². The molecule has 4 N–H and O–H groups in total. The molecule has 2 nitrogen and oxygen atoms in total. The molecule has 4 rings (SSSR count). The van der Waals surface area contributed by atoms with Crippen molar-refractivity contribution in [1.29, 1.82) is 0 Å². The van der Waals surface area contributed by atoms with Crippen molar-refractivity contribution in [2.24, 2.45) is 0 Å². The molecule has 68 valence electrons. The maximum atomic E-state index is 5.94. The first-order valence-electron chi connectivity index (χ1n) is 4.56. The average molecular weight is 182 g/mol. The number of benzene rings is 4. The van der Waals surface area contributed by atoms with Crippen molar-refractivity contribution < 1.29 is 0 Å². The number of nitrogens with two attached hydrogens (primary N) is 2. The second-order valence-corrected chi connectivity index (χ2v) is 3.57. The van der Waals surface area contributed by atoms with E-state index in [1.54, 1.807) is 0 Å². The van der Waals surface area contributed by atoms with Gasteiger partial charge in [-0.05, 0) is 22.9 Å². The van der Waals surface area contributed by atoms with Crippen molar-refractivity contribution in [3.8, 4) is 0 Å². The molecule has 0 fully saturated rings. The molecule has 14 heavy (non-hydrogen) atoms. The Bertz CT molecular complexity index is 539. The van der Waals surface area contributed by atoms with E-state index in [2.05, 4.69) is 24.3 Å². The van der Waals surface area contributed by atoms with Crippen LogP contribution in [-0.4, -0.2) is 0 Å². The minimum atomic E-state index is 0.801. The number of hydrogen-bond donors (Lipinski definition) is 2. The van der Waals surface area contributed by atoms with Crippen LogP contribution in [0.25, 0.3) is 21.5 Å². The summed E-state index contributed by atoms with van der Waals surface area (Å²) in [7, 11) is 0. The predicted octanol–water partition coefficient (Wildman–Crippen LogP) is 2.60. The van der Waals surface area contributed by atoms with Crippen molar-refractivity contribution in [3.63, 3.8) is 0 Å². The van der Waals surface area contributed by atoms with Crippen LogP contribution in [0.5, 0.6) is 0 Å². The molecule has 0 amide bonds. The fourth-order valence-electron chi connectivity index (χ4n) is 2.06. The first-order chi connectivity index (χ1) is 6.77. The number of fused-ring (bicyclic) bond motifs is 2. The van der Waals surface area contributed by atoms with Crippen molar-refractivity contribution in [3.05, 3.63) is 36.4 Å². The van der Waals surface area contributed by atoms with Crippen LogP contribution in [0.15, 0.2) is 36.4 Å². The summed E-state index contributed by atoms with van der Waals surface area (Å²) in [5, 5.41) is 4.48. The van der Waals surface area contributed by atoms with Crippen LogP contribution in [0.1, 0.15) is 0 Å². The predicted molar refractivity (Wildman–Crippen MR) is 61.5 cm³/mol. The number of rotatable bonds is 0. The Morgan fingerprint density at radius 3 is 1.29 bits per heavy atom. The van der Waals surface area contributed by atoms with Gasteiger partial charge in [0, 0.05) is 22.1 Å².